The largest absolute Gasteiger partial charge is 0.260 e. The van der Waals surface area contributed by atoms with Crippen LogP contribution in [0, 0.1) is 11.3 Å². The molecule has 0 aliphatic carbocycles. The minimum Gasteiger partial charge on any atom is -0.255 e. The first-order valence-corrected chi connectivity index (χ1v) is 5.39. The van der Waals surface area contributed by atoms with Crippen molar-refractivity contribution in [1.29, 1.82) is 5.26 Å². The third-order valence-corrected chi connectivity index (χ3v) is 3.34. The van der Waals surface area contributed by atoms with E-state index >= 15 is 0 Å². The molecule has 0 radical (unpaired) electrons. The number of halogens is 1. The van der Waals surface area contributed by atoms with Gasteiger partial charge in [-0.05, 0) is 0 Å². The average Bonchev–Trinajstić information content (AvgIpc) is 2.43. The normalized spacial score (nSPS) is 11.2. The zero-order valence-corrected chi connectivity index (χ0v) is 8.80. The lowest BCUT2D eigenvalue weighted by molar-refractivity contribution is 0.567. The fourth-order valence-electron chi connectivity index (χ4n) is 0.897. The molecule has 8 heteroatoms. The van der Waals surface area contributed by atoms with Crippen molar-refractivity contribution in [3.8, 4) is 6.07 Å². The highest BCUT2D eigenvalue weighted by molar-refractivity contribution is 7.89. The van der Waals surface area contributed by atoms with E-state index < -0.39 is 10.0 Å². The molecule has 0 bridgehead atoms. The Morgan fingerprint density at radius 2 is 2.43 bits per heavy atom. The lowest BCUT2D eigenvalue weighted by Gasteiger charge is -2.03. The predicted molar refractivity (Wildman–Crippen MR) is 49.0 cm³/mol. The second-order valence-electron chi connectivity index (χ2n) is 2.40. The van der Waals surface area contributed by atoms with Gasteiger partial charge in [0.2, 0.25) is 0 Å². The van der Waals surface area contributed by atoms with Crippen molar-refractivity contribution >= 4 is 21.6 Å². The molecule has 76 valence electrons. The van der Waals surface area contributed by atoms with Gasteiger partial charge in [0.05, 0.1) is 23.8 Å². The highest BCUT2D eigenvalue weighted by Crippen LogP contribution is 2.18. The van der Waals surface area contributed by atoms with E-state index in [0.717, 1.165) is 4.68 Å². The van der Waals surface area contributed by atoms with Crippen LogP contribution in [0.25, 0.3) is 0 Å². The van der Waals surface area contributed by atoms with E-state index in [1.165, 1.54) is 13.2 Å². The highest BCUT2D eigenvalue weighted by Gasteiger charge is 2.21. The molecule has 0 spiro atoms. The molecule has 0 saturated heterocycles. The van der Waals surface area contributed by atoms with Gasteiger partial charge in [0, 0.05) is 7.05 Å². The lowest BCUT2D eigenvalue weighted by atomic mass is 10.7. The minimum atomic E-state index is -3.74. The van der Waals surface area contributed by atoms with Crippen LogP contribution < -0.4 is 4.72 Å². The zero-order chi connectivity index (χ0) is 10.8. The standard InChI is InChI=1S/C6H7ClN4O2S/c1-11-6(5(7)4-9-11)14(12,13)10-3-2-8/h4,10H,3H2,1H3. The molecular formula is C6H7ClN4O2S. The van der Waals surface area contributed by atoms with Gasteiger partial charge in [-0.2, -0.15) is 15.1 Å². The van der Waals surface area contributed by atoms with Crippen molar-refractivity contribution in [3.63, 3.8) is 0 Å². The number of hydrogen-bond acceptors (Lipinski definition) is 4. The molecule has 14 heavy (non-hydrogen) atoms. The van der Waals surface area contributed by atoms with Crippen molar-refractivity contribution < 1.29 is 8.42 Å². The fourth-order valence-corrected chi connectivity index (χ4v) is 2.46. The van der Waals surface area contributed by atoms with Crippen molar-refractivity contribution in [2.45, 2.75) is 5.03 Å². The quantitative estimate of drug-likeness (QED) is 0.739. The Labute approximate surface area is 86.1 Å². The topological polar surface area (TPSA) is 87.8 Å². The van der Waals surface area contributed by atoms with Crippen molar-refractivity contribution in [2.24, 2.45) is 7.05 Å². The average molecular weight is 235 g/mol. The monoisotopic (exact) mass is 234 g/mol. The number of nitriles is 1. The molecule has 6 nitrogen and oxygen atoms in total. The molecule has 1 rings (SSSR count). The summed E-state index contributed by atoms with van der Waals surface area (Å²) >= 11 is 5.62. The first-order chi connectivity index (χ1) is 6.49. The molecule has 0 fully saturated rings. The summed E-state index contributed by atoms with van der Waals surface area (Å²) in [6.07, 6.45) is 1.22. The van der Waals surface area contributed by atoms with Gasteiger partial charge < -0.3 is 0 Å². The van der Waals surface area contributed by atoms with Crippen LogP contribution in [0.1, 0.15) is 0 Å². The number of hydrogen-bond donors (Lipinski definition) is 1. The van der Waals surface area contributed by atoms with E-state index in [2.05, 4.69) is 9.82 Å². The number of aromatic nitrogens is 2. The van der Waals surface area contributed by atoms with Gasteiger partial charge in [-0.25, -0.2) is 8.42 Å². The molecule has 1 N–H and O–H groups in total. The molecule has 0 unspecified atom stereocenters. The van der Waals surface area contributed by atoms with E-state index in [4.69, 9.17) is 16.9 Å². The summed E-state index contributed by atoms with van der Waals surface area (Å²) in [6.45, 7) is -0.302. The number of nitrogens with one attached hydrogen (secondary N) is 1. The Morgan fingerprint density at radius 1 is 1.79 bits per heavy atom. The molecular weight excluding hydrogens is 228 g/mol. The smallest absolute Gasteiger partial charge is 0.255 e. The van der Waals surface area contributed by atoms with Gasteiger partial charge in [-0.15, -0.1) is 0 Å². The van der Waals surface area contributed by atoms with Gasteiger partial charge in [-0.1, -0.05) is 11.6 Å². The maximum Gasteiger partial charge on any atom is 0.260 e. The van der Waals surface area contributed by atoms with E-state index in [1.807, 2.05) is 0 Å². The first kappa shape index (κ1) is 11.0. The Balaban J connectivity index is 3.11. The number of sulfonamides is 1. The third kappa shape index (κ3) is 2.04. The Hall–Kier alpha value is -1.10. The van der Waals surface area contributed by atoms with Crippen molar-refractivity contribution in [2.75, 3.05) is 6.54 Å². The molecule has 0 aliphatic rings. The predicted octanol–water partition coefficient (Wildman–Crippen LogP) is -0.125. The van der Waals surface area contributed by atoms with Crippen LogP contribution in [-0.2, 0) is 17.1 Å². The SMILES string of the molecule is Cn1ncc(Cl)c1S(=O)(=O)NCC#N. The van der Waals surface area contributed by atoms with Crippen LogP contribution in [0.2, 0.25) is 5.02 Å². The maximum atomic E-state index is 11.5. The van der Waals surface area contributed by atoms with Gasteiger partial charge in [0.1, 0.15) is 0 Å². The summed E-state index contributed by atoms with van der Waals surface area (Å²) in [5.41, 5.74) is 0. The molecule has 1 aromatic rings. The number of rotatable bonds is 3. The van der Waals surface area contributed by atoms with Crippen LogP contribution in [0.3, 0.4) is 0 Å². The van der Waals surface area contributed by atoms with E-state index in [1.54, 1.807) is 6.07 Å². The van der Waals surface area contributed by atoms with Crippen LogP contribution in [0.15, 0.2) is 11.2 Å². The molecule has 0 saturated carbocycles. The molecule has 1 aromatic heterocycles. The minimum absolute atomic E-state index is 0.0259. The van der Waals surface area contributed by atoms with E-state index in [0.29, 0.717) is 0 Å². The van der Waals surface area contributed by atoms with Gasteiger partial charge in [0.25, 0.3) is 10.0 Å². The summed E-state index contributed by atoms with van der Waals surface area (Å²) in [7, 11) is -2.29. The molecule has 0 atom stereocenters. The Bertz CT molecular complexity index is 453. The van der Waals surface area contributed by atoms with Crippen LogP contribution in [0.4, 0.5) is 0 Å². The highest BCUT2D eigenvalue weighted by atomic mass is 35.5. The maximum absolute atomic E-state index is 11.5. The second kappa shape index (κ2) is 3.96. The summed E-state index contributed by atoms with van der Waals surface area (Å²) in [5, 5.41) is 11.8. The summed E-state index contributed by atoms with van der Waals surface area (Å²) in [4.78, 5) is 0. The van der Waals surface area contributed by atoms with Crippen LogP contribution in [0.5, 0.6) is 0 Å². The first-order valence-electron chi connectivity index (χ1n) is 3.53. The lowest BCUT2D eigenvalue weighted by Crippen LogP contribution is -2.26. The summed E-state index contributed by atoms with van der Waals surface area (Å²) in [6, 6.07) is 1.66. The van der Waals surface area contributed by atoms with Crippen molar-refractivity contribution in [1.82, 2.24) is 14.5 Å². The van der Waals surface area contributed by atoms with Gasteiger partial charge in [-0.3, -0.25) is 4.68 Å². The zero-order valence-electron chi connectivity index (χ0n) is 7.23. The van der Waals surface area contributed by atoms with Gasteiger partial charge >= 0.3 is 0 Å². The number of aryl methyl sites for hydroxylation is 1. The van der Waals surface area contributed by atoms with E-state index in [-0.39, 0.29) is 16.6 Å². The summed E-state index contributed by atoms with van der Waals surface area (Å²) in [5.74, 6) is 0. The van der Waals surface area contributed by atoms with Gasteiger partial charge in [0.15, 0.2) is 5.03 Å². The summed E-state index contributed by atoms with van der Waals surface area (Å²) < 4.78 is 26.2. The van der Waals surface area contributed by atoms with E-state index in [9.17, 15) is 8.42 Å². The third-order valence-electron chi connectivity index (χ3n) is 1.44. The number of nitrogens with zero attached hydrogens (tertiary/aromatic N) is 3. The Morgan fingerprint density at radius 3 is 2.86 bits per heavy atom. The second-order valence-corrected chi connectivity index (χ2v) is 4.49. The van der Waals surface area contributed by atoms with Crippen LogP contribution >= 0.6 is 11.6 Å². The molecule has 0 aliphatic heterocycles. The van der Waals surface area contributed by atoms with Crippen molar-refractivity contribution in [3.05, 3.63) is 11.2 Å². The molecule has 0 amide bonds. The molecule has 1 heterocycles. The fraction of sp³-hybridized carbons (Fsp3) is 0.333. The van der Waals surface area contributed by atoms with Crippen LogP contribution in [-0.4, -0.2) is 24.7 Å². The molecule has 0 aromatic carbocycles. The Kier molecular flexibility index (Phi) is 3.10.